The van der Waals surface area contributed by atoms with Crippen LogP contribution in [0, 0.1) is 0 Å². The molecular weight excluding hydrogens is 290 g/mol. The maximum atomic E-state index is 11.9. The van der Waals surface area contributed by atoms with Gasteiger partial charge in [-0.25, -0.2) is 4.68 Å². The number of amides is 1. The fraction of sp³-hybridized carbons (Fsp3) is 0.111. The van der Waals surface area contributed by atoms with Crippen molar-refractivity contribution in [3.8, 4) is 16.9 Å². The van der Waals surface area contributed by atoms with Crippen LogP contribution in [0.5, 0.6) is 0 Å². The summed E-state index contributed by atoms with van der Waals surface area (Å²) in [5, 5.41) is 7.46. The van der Waals surface area contributed by atoms with Crippen LogP contribution in [-0.2, 0) is 9.53 Å². The second-order valence-corrected chi connectivity index (χ2v) is 5.01. The van der Waals surface area contributed by atoms with Gasteiger partial charge in [-0.15, -0.1) is 0 Å². The van der Waals surface area contributed by atoms with Gasteiger partial charge >= 0.3 is 0 Å². The van der Waals surface area contributed by atoms with Crippen LogP contribution in [-0.4, -0.2) is 29.4 Å². The first-order chi connectivity index (χ1) is 11.3. The van der Waals surface area contributed by atoms with Gasteiger partial charge in [0.05, 0.1) is 11.4 Å². The molecule has 0 aliphatic carbocycles. The topological polar surface area (TPSA) is 56.1 Å². The Morgan fingerprint density at radius 1 is 1.09 bits per heavy atom. The molecule has 1 aromatic heterocycles. The number of carbonyl (C=O) groups excluding carboxylic acids is 1. The third-order valence-electron chi connectivity index (χ3n) is 3.32. The van der Waals surface area contributed by atoms with Gasteiger partial charge in [0.1, 0.15) is 12.4 Å². The summed E-state index contributed by atoms with van der Waals surface area (Å²) in [7, 11) is 1.49. The normalized spacial score (nSPS) is 10.5. The van der Waals surface area contributed by atoms with E-state index in [1.54, 1.807) is 4.68 Å². The van der Waals surface area contributed by atoms with Crippen LogP contribution < -0.4 is 5.32 Å². The lowest BCUT2D eigenvalue weighted by molar-refractivity contribution is -0.119. The Labute approximate surface area is 134 Å². The third kappa shape index (κ3) is 3.46. The molecule has 116 valence electrons. The van der Waals surface area contributed by atoms with E-state index in [-0.39, 0.29) is 12.5 Å². The molecule has 2 aromatic carbocycles. The van der Waals surface area contributed by atoms with E-state index >= 15 is 0 Å². The monoisotopic (exact) mass is 307 g/mol. The van der Waals surface area contributed by atoms with E-state index < -0.39 is 0 Å². The summed E-state index contributed by atoms with van der Waals surface area (Å²) in [6, 6.07) is 21.4. The number of hydrogen-bond donors (Lipinski definition) is 1. The lowest BCUT2D eigenvalue weighted by Crippen LogP contribution is -2.19. The van der Waals surface area contributed by atoms with E-state index in [2.05, 4.69) is 10.4 Å². The molecule has 3 aromatic rings. The molecule has 1 heterocycles. The minimum atomic E-state index is -0.218. The average Bonchev–Trinajstić information content (AvgIpc) is 3.00. The van der Waals surface area contributed by atoms with Gasteiger partial charge in [-0.2, -0.15) is 5.10 Å². The third-order valence-corrected chi connectivity index (χ3v) is 3.32. The summed E-state index contributed by atoms with van der Waals surface area (Å²) in [5.41, 5.74) is 2.66. The van der Waals surface area contributed by atoms with Crippen LogP contribution in [0.1, 0.15) is 0 Å². The number of methoxy groups -OCH3 is 1. The number of para-hydroxylation sites is 1. The molecular formula is C18H17N3O2. The first-order valence-corrected chi connectivity index (χ1v) is 7.27. The van der Waals surface area contributed by atoms with Crippen molar-refractivity contribution in [3.05, 3.63) is 66.7 Å². The molecule has 0 atom stereocenters. The van der Waals surface area contributed by atoms with Crippen LogP contribution in [0.4, 0.5) is 5.82 Å². The summed E-state index contributed by atoms with van der Waals surface area (Å²) >= 11 is 0. The molecule has 0 unspecified atom stereocenters. The predicted molar refractivity (Wildman–Crippen MR) is 89.5 cm³/mol. The summed E-state index contributed by atoms with van der Waals surface area (Å²) in [5.74, 6) is 0.390. The van der Waals surface area contributed by atoms with Gasteiger partial charge in [-0.05, 0) is 12.1 Å². The first-order valence-electron chi connectivity index (χ1n) is 7.27. The molecule has 5 heteroatoms. The van der Waals surface area contributed by atoms with Gasteiger partial charge in [-0.1, -0.05) is 48.5 Å². The number of anilines is 1. The second-order valence-electron chi connectivity index (χ2n) is 5.01. The van der Waals surface area contributed by atoms with Gasteiger partial charge in [0, 0.05) is 18.7 Å². The highest BCUT2D eigenvalue weighted by molar-refractivity contribution is 5.91. The Kier molecular flexibility index (Phi) is 4.49. The zero-order valence-electron chi connectivity index (χ0n) is 12.8. The molecule has 0 bridgehead atoms. The van der Waals surface area contributed by atoms with E-state index in [1.807, 2.05) is 66.7 Å². The summed E-state index contributed by atoms with van der Waals surface area (Å²) in [4.78, 5) is 11.9. The fourth-order valence-electron chi connectivity index (χ4n) is 2.30. The summed E-state index contributed by atoms with van der Waals surface area (Å²) in [6.45, 7) is 0.000635. The number of nitrogens with zero attached hydrogens (tertiary/aromatic N) is 2. The number of benzene rings is 2. The molecule has 0 aliphatic rings. The molecule has 0 saturated heterocycles. The summed E-state index contributed by atoms with van der Waals surface area (Å²) < 4.78 is 6.59. The molecule has 0 fully saturated rings. The average molecular weight is 307 g/mol. The van der Waals surface area contributed by atoms with Gasteiger partial charge in [-0.3, -0.25) is 4.79 Å². The zero-order chi connectivity index (χ0) is 16.1. The number of carbonyl (C=O) groups is 1. The second kappa shape index (κ2) is 6.89. The molecule has 0 aliphatic heterocycles. The van der Waals surface area contributed by atoms with Crippen molar-refractivity contribution in [3.63, 3.8) is 0 Å². The molecule has 0 spiro atoms. The molecule has 5 nitrogen and oxygen atoms in total. The number of hydrogen-bond acceptors (Lipinski definition) is 3. The molecule has 23 heavy (non-hydrogen) atoms. The lowest BCUT2D eigenvalue weighted by Gasteiger charge is -2.08. The Bertz CT molecular complexity index is 783. The number of nitrogens with one attached hydrogen (secondary N) is 1. The minimum absolute atomic E-state index is 0.000635. The highest BCUT2D eigenvalue weighted by Crippen LogP contribution is 2.24. The number of ether oxygens (including phenoxy) is 1. The fourth-order valence-corrected chi connectivity index (χ4v) is 2.30. The van der Waals surface area contributed by atoms with Crippen LogP contribution in [0.2, 0.25) is 0 Å². The van der Waals surface area contributed by atoms with Crippen LogP contribution in [0.3, 0.4) is 0 Å². The Hall–Kier alpha value is -2.92. The van der Waals surface area contributed by atoms with Gasteiger partial charge < -0.3 is 10.1 Å². The van der Waals surface area contributed by atoms with Gasteiger partial charge in [0.25, 0.3) is 5.91 Å². The highest BCUT2D eigenvalue weighted by Gasteiger charge is 2.13. The largest absolute Gasteiger partial charge is 0.375 e. The molecule has 0 radical (unpaired) electrons. The SMILES string of the molecule is COCC(=O)Nc1cc(-c2ccccc2)nn1-c1ccccc1. The molecule has 1 N–H and O–H groups in total. The minimum Gasteiger partial charge on any atom is -0.375 e. The van der Waals surface area contributed by atoms with Crippen molar-refractivity contribution in [1.82, 2.24) is 9.78 Å². The highest BCUT2D eigenvalue weighted by atomic mass is 16.5. The zero-order valence-corrected chi connectivity index (χ0v) is 12.8. The van der Waals surface area contributed by atoms with Crippen molar-refractivity contribution in [2.75, 3.05) is 19.0 Å². The van der Waals surface area contributed by atoms with Crippen LogP contribution >= 0.6 is 0 Å². The van der Waals surface area contributed by atoms with Crippen molar-refractivity contribution >= 4 is 11.7 Å². The van der Waals surface area contributed by atoms with E-state index in [4.69, 9.17) is 4.74 Å². The predicted octanol–water partition coefficient (Wildman–Crippen LogP) is 3.12. The van der Waals surface area contributed by atoms with E-state index in [1.165, 1.54) is 7.11 Å². The van der Waals surface area contributed by atoms with Crippen molar-refractivity contribution < 1.29 is 9.53 Å². The molecule has 0 saturated carbocycles. The van der Waals surface area contributed by atoms with Crippen LogP contribution in [0.15, 0.2) is 66.7 Å². The number of aromatic nitrogens is 2. The summed E-state index contributed by atoms with van der Waals surface area (Å²) in [6.07, 6.45) is 0. The van der Waals surface area contributed by atoms with Crippen molar-refractivity contribution in [1.29, 1.82) is 0 Å². The standard InChI is InChI=1S/C18H17N3O2/c1-23-13-18(22)19-17-12-16(14-8-4-2-5-9-14)20-21(17)15-10-6-3-7-11-15/h2-12H,13H2,1H3,(H,19,22). The maximum Gasteiger partial charge on any atom is 0.251 e. The van der Waals surface area contributed by atoms with E-state index in [9.17, 15) is 4.79 Å². The van der Waals surface area contributed by atoms with Crippen LogP contribution in [0.25, 0.3) is 16.9 Å². The van der Waals surface area contributed by atoms with Gasteiger partial charge in [0.2, 0.25) is 0 Å². The molecule has 1 amide bonds. The Balaban J connectivity index is 2.02. The lowest BCUT2D eigenvalue weighted by atomic mass is 10.2. The quantitative estimate of drug-likeness (QED) is 0.788. The molecule has 3 rings (SSSR count). The van der Waals surface area contributed by atoms with Crippen molar-refractivity contribution in [2.24, 2.45) is 0 Å². The van der Waals surface area contributed by atoms with E-state index in [0.29, 0.717) is 5.82 Å². The smallest absolute Gasteiger partial charge is 0.251 e. The first kappa shape index (κ1) is 15.0. The van der Waals surface area contributed by atoms with E-state index in [0.717, 1.165) is 16.9 Å². The Morgan fingerprint density at radius 3 is 2.39 bits per heavy atom. The number of rotatable bonds is 5. The van der Waals surface area contributed by atoms with Crippen molar-refractivity contribution in [2.45, 2.75) is 0 Å². The van der Waals surface area contributed by atoms with Gasteiger partial charge in [0.15, 0.2) is 0 Å². The Morgan fingerprint density at radius 2 is 1.74 bits per heavy atom. The maximum absolute atomic E-state index is 11.9.